The lowest BCUT2D eigenvalue weighted by atomic mass is 10.1. The summed E-state index contributed by atoms with van der Waals surface area (Å²) in [5.74, 6) is -1.12. The van der Waals surface area contributed by atoms with E-state index in [2.05, 4.69) is 5.32 Å². The summed E-state index contributed by atoms with van der Waals surface area (Å²) in [7, 11) is 3.15. The molecule has 0 saturated carbocycles. The number of benzene rings is 2. The molecule has 0 aliphatic rings. The van der Waals surface area contributed by atoms with Gasteiger partial charge in [0.1, 0.15) is 16.6 Å². The van der Waals surface area contributed by atoms with E-state index in [1.54, 1.807) is 32.0 Å². The van der Waals surface area contributed by atoms with Crippen molar-refractivity contribution in [2.75, 3.05) is 27.1 Å². The number of nitrogens with one attached hydrogen (secondary N) is 2. The lowest BCUT2D eigenvalue weighted by molar-refractivity contribution is -0.192. The number of amidine groups is 1. The van der Waals surface area contributed by atoms with Gasteiger partial charge in [0, 0.05) is 23.1 Å². The topological polar surface area (TPSA) is 157 Å². The fourth-order valence-electron chi connectivity index (χ4n) is 3.47. The second-order valence-electron chi connectivity index (χ2n) is 8.55. The highest BCUT2D eigenvalue weighted by Crippen LogP contribution is 2.40. The predicted molar refractivity (Wildman–Crippen MR) is 164 cm³/mol. The number of thioether (sulfide) groups is 1. The monoisotopic (exact) mass is 668 g/mol. The minimum atomic E-state index is -5.08. The first-order valence-corrected chi connectivity index (χ1v) is 15.3. The first-order chi connectivity index (χ1) is 20.9. The van der Waals surface area contributed by atoms with Gasteiger partial charge in [-0.1, -0.05) is 18.2 Å². The van der Waals surface area contributed by atoms with E-state index in [9.17, 15) is 18.0 Å². The first-order valence-electron chi connectivity index (χ1n) is 12.3. The van der Waals surface area contributed by atoms with Gasteiger partial charge in [0.25, 0.3) is 5.91 Å². The highest BCUT2D eigenvalue weighted by atomic mass is 32.2. The molecule has 4 aromatic rings. The molecular formula is C28H27F3N4O6S3. The second-order valence-corrected chi connectivity index (χ2v) is 11.5. The number of thiophene rings is 1. The minimum Gasteiger partial charge on any atom is -0.493 e. The fraction of sp³-hybridized carbons (Fsp3) is 0.214. The zero-order valence-corrected chi connectivity index (χ0v) is 25.9. The summed E-state index contributed by atoms with van der Waals surface area (Å²) in [4.78, 5) is 26.8. The molecule has 44 heavy (non-hydrogen) atoms. The zero-order valence-electron chi connectivity index (χ0n) is 23.5. The van der Waals surface area contributed by atoms with Crippen molar-refractivity contribution in [1.29, 1.82) is 5.41 Å². The van der Waals surface area contributed by atoms with Gasteiger partial charge in [0.15, 0.2) is 18.1 Å². The maximum absolute atomic E-state index is 12.4. The van der Waals surface area contributed by atoms with E-state index in [-0.39, 0.29) is 18.3 Å². The first kappa shape index (κ1) is 34.2. The van der Waals surface area contributed by atoms with Crippen LogP contribution in [-0.2, 0) is 16.1 Å². The van der Waals surface area contributed by atoms with Crippen LogP contribution in [0, 0.1) is 5.41 Å². The number of halogens is 3. The number of aromatic nitrogens is 1. The summed E-state index contributed by atoms with van der Waals surface area (Å²) in [6.07, 6.45) is -3.08. The lowest BCUT2D eigenvalue weighted by Crippen LogP contribution is -2.28. The number of nitrogens with two attached hydrogens (primary N) is 1. The molecule has 0 fully saturated rings. The van der Waals surface area contributed by atoms with Crippen LogP contribution in [-0.4, -0.2) is 61.1 Å². The van der Waals surface area contributed by atoms with Gasteiger partial charge in [-0.25, -0.2) is 9.78 Å². The third kappa shape index (κ3) is 9.36. The van der Waals surface area contributed by atoms with Gasteiger partial charge >= 0.3 is 12.1 Å². The highest BCUT2D eigenvalue weighted by molar-refractivity contribution is 8.00. The maximum Gasteiger partial charge on any atom is 0.490 e. The molecule has 0 unspecified atom stereocenters. The van der Waals surface area contributed by atoms with E-state index >= 15 is 0 Å². The number of carboxylic acids is 1. The Kier molecular flexibility index (Phi) is 12.0. The quantitative estimate of drug-likeness (QED) is 0.0869. The maximum atomic E-state index is 12.4. The van der Waals surface area contributed by atoms with E-state index in [0.717, 1.165) is 36.5 Å². The Labute approximate surface area is 262 Å². The summed E-state index contributed by atoms with van der Waals surface area (Å²) >= 11 is 4.64. The smallest absolute Gasteiger partial charge is 0.490 e. The Morgan fingerprint density at radius 2 is 1.82 bits per heavy atom. The van der Waals surface area contributed by atoms with Gasteiger partial charge < -0.3 is 30.4 Å². The number of ether oxygens (including phenoxy) is 3. The van der Waals surface area contributed by atoms with E-state index in [4.69, 9.17) is 40.2 Å². The molecule has 10 nitrogen and oxygen atoms in total. The number of carbonyl (C=O) groups excluding carboxylic acids is 1. The van der Waals surface area contributed by atoms with E-state index < -0.39 is 12.1 Å². The van der Waals surface area contributed by atoms with Crippen LogP contribution in [0.2, 0.25) is 0 Å². The van der Waals surface area contributed by atoms with Gasteiger partial charge in [-0.05, 0) is 42.2 Å². The van der Waals surface area contributed by atoms with Crippen LogP contribution in [0.5, 0.6) is 17.2 Å². The van der Waals surface area contributed by atoms with Crippen LogP contribution < -0.4 is 25.3 Å². The molecule has 2 aromatic heterocycles. The highest BCUT2D eigenvalue weighted by Gasteiger charge is 2.38. The van der Waals surface area contributed by atoms with Crippen LogP contribution >= 0.6 is 34.4 Å². The van der Waals surface area contributed by atoms with E-state index in [1.807, 2.05) is 54.1 Å². The molecule has 0 bridgehead atoms. The molecular weight excluding hydrogens is 642 g/mol. The average molecular weight is 669 g/mol. The molecule has 0 spiro atoms. The van der Waals surface area contributed by atoms with Crippen molar-refractivity contribution in [1.82, 2.24) is 10.3 Å². The van der Waals surface area contributed by atoms with Crippen molar-refractivity contribution < 1.29 is 42.1 Å². The summed E-state index contributed by atoms with van der Waals surface area (Å²) in [6, 6.07) is 14.9. The van der Waals surface area contributed by atoms with Crippen LogP contribution in [0.4, 0.5) is 13.2 Å². The van der Waals surface area contributed by atoms with Gasteiger partial charge in [-0.3, -0.25) is 10.2 Å². The number of rotatable bonds is 11. The Hall–Kier alpha value is -4.28. The Morgan fingerprint density at radius 1 is 1.11 bits per heavy atom. The van der Waals surface area contributed by atoms with E-state index in [0.29, 0.717) is 23.8 Å². The average Bonchev–Trinajstić information content (AvgIpc) is 3.66. The number of amides is 1. The normalized spacial score (nSPS) is 10.8. The number of carboxylic acid groups (broad SMARTS) is 1. The molecule has 4 rings (SSSR count). The molecule has 234 valence electrons. The molecule has 16 heteroatoms. The molecule has 0 aliphatic carbocycles. The number of hydrogen-bond acceptors (Lipinski definition) is 10. The van der Waals surface area contributed by atoms with Crippen molar-refractivity contribution in [3.63, 3.8) is 0 Å². The number of aliphatic carboxylic acids is 1. The number of nitrogen functional groups attached to an aromatic ring is 1. The van der Waals surface area contributed by atoms with Crippen molar-refractivity contribution >= 4 is 52.1 Å². The molecule has 1 amide bonds. The third-order valence-electron chi connectivity index (χ3n) is 5.56. The standard InChI is InChI=1S/C26H26N4O4S3.C2HF3O2/c1-32-20-8-7-15(9-21(20)33-2)12-29-23(31)13-34-17-6-4-5-16(10-17)19-14-36-25(30-19)18-11-22(24(27)28)37-26(18)35-3;3-2(4,5)1(6)7/h4-11,14H,12-13H2,1-3H3,(H3,27,28)(H,29,31);(H,6,7). The van der Waals surface area contributed by atoms with Crippen LogP contribution in [0.1, 0.15) is 10.4 Å². The van der Waals surface area contributed by atoms with E-state index in [1.165, 1.54) is 22.7 Å². The van der Waals surface area contributed by atoms with Gasteiger partial charge in [0.05, 0.1) is 29.0 Å². The number of methoxy groups -OCH3 is 2. The number of carbonyl (C=O) groups is 2. The second kappa shape index (κ2) is 15.4. The van der Waals surface area contributed by atoms with Crippen molar-refractivity contribution in [2.45, 2.75) is 16.9 Å². The zero-order chi connectivity index (χ0) is 32.4. The lowest BCUT2D eigenvalue weighted by Gasteiger charge is -2.11. The van der Waals surface area contributed by atoms with Crippen molar-refractivity contribution in [3.05, 3.63) is 64.4 Å². The third-order valence-corrected chi connectivity index (χ3v) is 8.74. The van der Waals surface area contributed by atoms with Crippen LogP contribution in [0.25, 0.3) is 21.8 Å². The molecule has 0 radical (unpaired) electrons. The minimum absolute atomic E-state index is 0.0564. The summed E-state index contributed by atoms with van der Waals surface area (Å²) in [6.45, 7) is 0.231. The largest absolute Gasteiger partial charge is 0.493 e. The Balaban J connectivity index is 0.000000676. The molecule has 0 atom stereocenters. The predicted octanol–water partition coefficient (Wildman–Crippen LogP) is 5.89. The molecule has 0 aliphatic heterocycles. The Bertz CT molecular complexity index is 1620. The molecule has 2 heterocycles. The van der Waals surface area contributed by atoms with Gasteiger partial charge in [0.2, 0.25) is 0 Å². The number of thiazole rings is 1. The fourth-order valence-corrected chi connectivity index (χ4v) is 6.18. The summed E-state index contributed by atoms with van der Waals surface area (Å²) in [5.41, 5.74) is 9.25. The van der Waals surface area contributed by atoms with Crippen LogP contribution in [0.3, 0.4) is 0 Å². The molecule has 2 aromatic carbocycles. The van der Waals surface area contributed by atoms with Gasteiger partial charge in [-0.2, -0.15) is 13.2 Å². The molecule has 5 N–H and O–H groups in total. The Morgan fingerprint density at radius 3 is 2.43 bits per heavy atom. The van der Waals surface area contributed by atoms with Gasteiger partial charge in [-0.15, -0.1) is 34.4 Å². The van der Waals surface area contributed by atoms with Crippen LogP contribution in [0.15, 0.2) is 58.1 Å². The van der Waals surface area contributed by atoms with Crippen molar-refractivity contribution in [2.24, 2.45) is 5.73 Å². The van der Waals surface area contributed by atoms with Crippen molar-refractivity contribution in [3.8, 4) is 39.1 Å². The molecule has 0 saturated heterocycles. The summed E-state index contributed by atoms with van der Waals surface area (Å²) < 4.78 is 49.1. The number of hydrogen-bond donors (Lipinski definition) is 4. The number of nitrogens with zero attached hydrogens (tertiary/aromatic N) is 1. The summed E-state index contributed by atoms with van der Waals surface area (Å²) in [5, 5.41) is 20.6. The SMILES string of the molecule is COc1ccc(CNC(=O)COc2cccc(-c3csc(-c4cc(C(=N)N)sc4SC)n3)c2)cc1OC.O=C(O)C(F)(F)F. The number of alkyl halides is 3.